The summed E-state index contributed by atoms with van der Waals surface area (Å²) in [6, 6.07) is 13.8. The highest BCUT2D eigenvalue weighted by Crippen LogP contribution is 2.43. The van der Waals surface area contributed by atoms with E-state index in [0.717, 1.165) is 59.5 Å². The van der Waals surface area contributed by atoms with E-state index in [1.165, 1.54) is 17.7 Å². The van der Waals surface area contributed by atoms with Crippen LogP contribution in [0, 0.1) is 11.3 Å². The second kappa shape index (κ2) is 13.9. The molecule has 2 aromatic carbocycles. The minimum atomic E-state index is -1.02. The van der Waals surface area contributed by atoms with Gasteiger partial charge >= 0.3 is 0 Å². The van der Waals surface area contributed by atoms with Gasteiger partial charge in [0.2, 0.25) is 0 Å². The van der Waals surface area contributed by atoms with Crippen LogP contribution in [0.5, 0.6) is 0 Å². The Morgan fingerprint density at radius 1 is 1.13 bits per heavy atom. The molecule has 0 radical (unpaired) electrons. The summed E-state index contributed by atoms with van der Waals surface area (Å²) in [5, 5.41) is 12.3. The van der Waals surface area contributed by atoms with E-state index in [-0.39, 0.29) is 25.2 Å². The number of amidine groups is 1. The first-order chi connectivity index (χ1) is 22.3. The van der Waals surface area contributed by atoms with Crippen molar-refractivity contribution in [1.29, 1.82) is 5.26 Å². The van der Waals surface area contributed by atoms with Crippen LogP contribution in [0.2, 0.25) is 5.02 Å². The van der Waals surface area contributed by atoms with Gasteiger partial charge in [0.1, 0.15) is 12.6 Å². The number of piperazine rings is 1. The van der Waals surface area contributed by atoms with E-state index in [4.69, 9.17) is 21.3 Å². The molecule has 11 heteroatoms. The predicted molar refractivity (Wildman–Crippen MR) is 181 cm³/mol. The van der Waals surface area contributed by atoms with E-state index in [1.807, 2.05) is 18.2 Å². The Kier molecular flexibility index (Phi) is 9.73. The van der Waals surface area contributed by atoms with Crippen LogP contribution in [0.15, 0.2) is 70.1 Å². The van der Waals surface area contributed by atoms with Gasteiger partial charge in [0.25, 0.3) is 5.91 Å². The van der Waals surface area contributed by atoms with Crippen LogP contribution in [-0.4, -0.2) is 104 Å². The number of hydrogen-bond acceptors (Lipinski definition) is 7. The van der Waals surface area contributed by atoms with Crippen molar-refractivity contribution in [3.05, 3.63) is 65.1 Å². The summed E-state index contributed by atoms with van der Waals surface area (Å²) in [4.78, 5) is 30.5. The summed E-state index contributed by atoms with van der Waals surface area (Å²) < 4.78 is 20.1. The van der Waals surface area contributed by atoms with E-state index in [2.05, 4.69) is 57.3 Å². The van der Waals surface area contributed by atoms with Crippen molar-refractivity contribution in [1.82, 2.24) is 14.7 Å². The zero-order valence-electron chi connectivity index (χ0n) is 26.3. The molecular weight excluding hydrogens is 605 g/mol. The maximum Gasteiger partial charge on any atom is 0.282 e. The third-order valence-electron chi connectivity index (χ3n) is 9.84. The van der Waals surface area contributed by atoms with Gasteiger partial charge in [-0.1, -0.05) is 42.4 Å². The second-order valence-electron chi connectivity index (χ2n) is 12.6. The molecule has 1 amide bonds. The van der Waals surface area contributed by atoms with Crippen molar-refractivity contribution >= 4 is 46.5 Å². The molecule has 0 spiro atoms. The number of carbonyl (C=O) groups excluding carboxylic acids is 1. The molecule has 9 nitrogen and oxygen atoms in total. The van der Waals surface area contributed by atoms with E-state index in [1.54, 1.807) is 0 Å². The van der Waals surface area contributed by atoms with Crippen molar-refractivity contribution < 1.29 is 13.9 Å². The van der Waals surface area contributed by atoms with E-state index < -0.39 is 17.8 Å². The number of ether oxygens (including phenoxy) is 1. The van der Waals surface area contributed by atoms with Crippen LogP contribution < -0.4 is 4.90 Å². The predicted octanol–water partition coefficient (Wildman–Crippen LogP) is 5.57. The summed E-state index contributed by atoms with van der Waals surface area (Å²) in [7, 11) is 0. The van der Waals surface area contributed by atoms with Crippen molar-refractivity contribution in [3.8, 4) is 6.07 Å². The molecule has 242 valence electrons. The van der Waals surface area contributed by atoms with E-state index in [9.17, 15) is 14.4 Å². The number of halogens is 2. The van der Waals surface area contributed by atoms with Crippen molar-refractivity contribution in [2.45, 2.75) is 50.1 Å². The lowest BCUT2D eigenvalue weighted by Gasteiger charge is -2.43. The average molecular weight is 646 g/mol. The third-order valence-corrected chi connectivity index (χ3v) is 10.2. The standard InChI is InChI=1S/C35H41ClFN7O2/c1-25(37)34(45)44-20-19-42(21-27(44)11-15-38)33(40-24-46-23-35(13-14-35)43-16-3-4-17-43)28-12-18-41(22-30(28)39-2)31-10-6-8-26-7-5-9-29(36)32(26)31/h5-10,27H,1-4,11-14,16-24H2/t27-/m0/s1. The second-order valence-corrected chi connectivity index (χ2v) is 13.0. The van der Waals surface area contributed by atoms with Crippen LogP contribution in [0.25, 0.3) is 10.8 Å². The summed E-state index contributed by atoms with van der Waals surface area (Å²) in [5.74, 6) is -1.06. The fourth-order valence-corrected chi connectivity index (χ4v) is 7.52. The molecule has 0 aromatic heterocycles. The Bertz CT molecular complexity index is 1600. The highest BCUT2D eigenvalue weighted by Gasteiger charge is 2.48. The number of nitrogens with zero attached hydrogens (tertiary/aromatic N) is 7. The first kappa shape index (κ1) is 32.2. The van der Waals surface area contributed by atoms with Gasteiger partial charge in [-0.05, 0) is 69.4 Å². The number of rotatable bonds is 10. The molecule has 0 bridgehead atoms. The molecular formula is C35H41ClFN7O2. The zero-order chi connectivity index (χ0) is 32.3. The molecule has 0 unspecified atom stereocenters. The van der Waals surface area contributed by atoms with Gasteiger partial charge in [-0.3, -0.25) is 14.7 Å². The normalized spacial score (nSPS) is 21.9. The summed E-state index contributed by atoms with van der Waals surface area (Å²) in [6.45, 7) is 12.4. The number of benzene rings is 2. The van der Waals surface area contributed by atoms with Gasteiger partial charge in [0.05, 0.1) is 42.4 Å². The first-order valence-corrected chi connectivity index (χ1v) is 16.5. The van der Waals surface area contributed by atoms with Crippen LogP contribution in [0.4, 0.5) is 10.1 Å². The fourth-order valence-electron chi connectivity index (χ4n) is 7.25. The number of carbonyl (C=O) groups is 1. The number of likely N-dealkylation sites (tertiary alicyclic amines) is 1. The summed E-state index contributed by atoms with van der Waals surface area (Å²) in [5.41, 5.74) is 2.95. The maximum atomic E-state index is 13.9. The van der Waals surface area contributed by atoms with Gasteiger partial charge in [0, 0.05) is 48.4 Å². The van der Waals surface area contributed by atoms with Gasteiger partial charge in [-0.15, -0.1) is 0 Å². The molecule has 4 aliphatic rings. The van der Waals surface area contributed by atoms with Gasteiger partial charge in [-0.25, -0.2) is 9.38 Å². The molecule has 0 N–H and O–H groups in total. The molecule has 3 fully saturated rings. The first-order valence-electron chi connectivity index (χ1n) is 16.1. The summed E-state index contributed by atoms with van der Waals surface area (Å²) >= 11 is 6.68. The fraction of sp³-hybridized carbons (Fsp3) is 0.486. The molecule has 46 heavy (non-hydrogen) atoms. The van der Waals surface area contributed by atoms with Gasteiger partial charge in [0.15, 0.2) is 5.83 Å². The Hall–Kier alpha value is -3.78. The number of fused-ring (bicyclic) bond motifs is 1. The lowest BCUT2D eigenvalue weighted by molar-refractivity contribution is -0.132. The molecule has 3 heterocycles. The van der Waals surface area contributed by atoms with Crippen LogP contribution in [-0.2, 0) is 9.53 Å². The molecule has 1 saturated carbocycles. The van der Waals surface area contributed by atoms with Crippen LogP contribution >= 0.6 is 11.6 Å². The smallest absolute Gasteiger partial charge is 0.282 e. The lowest BCUT2D eigenvalue weighted by atomic mass is 9.99. The molecule has 2 aromatic rings. The van der Waals surface area contributed by atoms with Gasteiger partial charge < -0.3 is 19.4 Å². The zero-order valence-corrected chi connectivity index (χ0v) is 27.0. The summed E-state index contributed by atoms with van der Waals surface area (Å²) in [6.07, 6.45) is 5.50. The van der Waals surface area contributed by atoms with Crippen molar-refractivity contribution in [2.75, 3.05) is 64.1 Å². The Morgan fingerprint density at radius 3 is 2.59 bits per heavy atom. The third kappa shape index (κ3) is 6.55. The lowest BCUT2D eigenvalue weighted by Crippen LogP contribution is -2.57. The van der Waals surface area contributed by atoms with Crippen molar-refractivity contribution in [2.24, 2.45) is 9.98 Å². The quantitative estimate of drug-likeness (QED) is 0.145. The number of hydrogen-bond donors (Lipinski definition) is 0. The topological polar surface area (TPSA) is 87.8 Å². The minimum absolute atomic E-state index is 0.0683. The van der Waals surface area contributed by atoms with E-state index >= 15 is 0 Å². The number of aliphatic imine (C=N–C) groups is 2. The molecule has 2 saturated heterocycles. The Labute approximate surface area is 275 Å². The average Bonchev–Trinajstić information content (AvgIpc) is 3.64. The Morgan fingerprint density at radius 2 is 1.89 bits per heavy atom. The van der Waals surface area contributed by atoms with Crippen molar-refractivity contribution in [3.63, 3.8) is 0 Å². The molecule has 1 aliphatic carbocycles. The minimum Gasteiger partial charge on any atom is -0.365 e. The molecule has 1 atom stereocenters. The molecule has 3 aliphatic heterocycles. The van der Waals surface area contributed by atoms with E-state index in [0.29, 0.717) is 44.2 Å². The largest absolute Gasteiger partial charge is 0.365 e. The Balaban J connectivity index is 1.28. The van der Waals surface area contributed by atoms with Gasteiger partial charge in [-0.2, -0.15) is 5.26 Å². The van der Waals surface area contributed by atoms with Crippen LogP contribution in [0.3, 0.4) is 0 Å². The number of nitriles is 1. The highest BCUT2D eigenvalue weighted by atomic mass is 35.5. The molecule has 6 rings (SSSR count). The highest BCUT2D eigenvalue weighted by molar-refractivity contribution is 6.36. The number of anilines is 1. The number of amides is 1. The van der Waals surface area contributed by atoms with Crippen LogP contribution in [0.1, 0.15) is 38.5 Å². The monoisotopic (exact) mass is 645 g/mol. The SMILES string of the molecule is C=NC1=C(C(=NCOCC2(N3CCCC3)CC2)N2CCN(C(=O)C(=C)F)[C@@H](CC#N)C2)CCN(c2cccc3cccc(Cl)c23)C1. The maximum absolute atomic E-state index is 13.9.